The minimum Gasteiger partial charge on any atom is -0.478 e. The minimum absolute atomic E-state index is 0. The molecule has 7 nitrogen and oxygen atoms in total. The third-order valence-electron chi connectivity index (χ3n) is 5.06. The van der Waals surface area contributed by atoms with E-state index in [0.717, 1.165) is 5.39 Å². The third kappa shape index (κ3) is 5.22. The van der Waals surface area contributed by atoms with Crippen LogP contribution in [0.4, 0.5) is 0 Å². The normalized spacial score (nSPS) is 12.5. The number of fused-ring (bicyclic) bond motifs is 1. The summed E-state index contributed by atoms with van der Waals surface area (Å²) < 4.78 is 29.0. The van der Waals surface area contributed by atoms with Crippen LogP contribution in [0.3, 0.4) is 0 Å². The summed E-state index contributed by atoms with van der Waals surface area (Å²) in [6, 6.07) is 12.7. The van der Waals surface area contributed by atoms with E-state index in [0.29, 0.717) is 30.3 Å². The summed E-state index contributed by atoms with van der Waals surface area (Å²) in [6.07, 6.45) is 4.17. The van der Waals surface area contributed by atoms with Crippen LogP contribution in [0, 0.1) is 0 Å². The summed E-state index contributed by atoms with van der Waals surface area (Å²) >= 11 is 0. The second-order valence-electron chi connectivity index (χ2n) is 6.97. The number of hydrogen-bond donors (Lipinski definition) is 2. The van der Waals surface area contributed by atoms with Gasteiger partial charge in [0.2, 0.25) is 10.0 Å². The van der Waals surface area contributed by atoms with Crippen LogP contribution in [0.1, 0.15) is 41.7 Å². The molecule has 0 fully saturated rings. The van der Waals surface area contributed by atoms with E-state index < -0.39 is 22.0 Å². The summed E-state index contributed by atoms with van der Waals surface area (Å²) in [5.41, 5.74) is 6.45. The lowest BCUT2D eigenvalue weighted by Crippen LogP contribution is -2.36. The van der Waals surface area contributed by atoms with Crippen LogP contribution >= 0.6 is 12.4 Å². The Balaban J connectivity index is 0.00000341. The highest BCUT2D eigenvalue weighted by Gasteiger charge is 2.32. The minimum atomic E-state index is -3.89. The van der Waals surface area contributed by atoms with Gasteiger partial charge in [-0.3, -0.25) is 4.98 Å². The number of nitrogens with zero attached hydrogens (tertiary/aromatic N) is 2. The smallest absolute Gasteiger partial charge is 0.335 e. The Morgan fingerprint density at radius 3 is 2.61 bits per heavy atom. The fourth-order valence-corrected chi connectivity index (χ4v) is 5.56. The quantitative estimate of drug-likeness (QED) is 0.498. The van der Waals surface area contributed by atoms with Gasteiger partial charge in [0.25, 0.3) is 0 Å². The highest BCUT2D eigenvalue weighted by atomic mass is 35.5. The van der Waals surface area contributed by atoms with Gasteiger partial charge in [-0.15, -0.1) is 12.4 Å². The lowest BCUT2D eigenvalue weighted by atomic mass is 10.0. The van der Waals surface area contributed by atoms with E-state index in [1.165, 1.54) is 16.4 Å². The van der Waals surface area contributed by atoms with Gasteiger partial charge in [-0.25, -0.2) is 13.2 Å². The zero-order valence-corrected chi connectivity index (χ0v) is 18.8. The molecular weight excluding hydrogens is 438 g/mol. The summed E-state index contributed by atoms with van der Waals surface area (Å²) in [5, 5.41) is 10.7. The molecule has 1 atom stereocenters. The number of benzene rings is 2. The molecule has 0 amide bonds. The first kappa shape index (κ1) is 24.7. The number of carbonyl (C=O) groups is 1. The van der Waals surface area contributed by atoms with Crippen molar-refractivity contribution in [1.29, 1.82) is 0 Å². The number of hydrogen-bond acceptors (Lipinski definition) is 5. The van der Waals surface area contributed by atoms with E-state index in [9.17, 15) is 18.3 Å². The Morgan fingerprint density at radius 1 is 1.19 bits per heavy atom. The van der Waals surface area contributed by atoms with Gasteiger partial charge in [-0.1, -0.05) is 31.2 Å². The maximum absolute atomic E-state index is 13.8. The van der Waals surface area contributed by atoms with Crippen molar-refractivity contribution in [3.05, 3.63) is 72.1 Å². The van der Waals surface area contributed by atoms with Crippen LogP contribution in [0.25, 0.3) is 10.8 Å². The van der Waals surface area contributed by atoms with E-state index in [1.807, 2.05) is 13.0 Å². The van der Waals surface area contributed by atoms with Gasteiger partial charge in [0.05, 0.1) is 10.5 Å². The number of carboxylic acids is 1. The number of pyridine rings is 1. The largest absolute Gasteiger partial charge is 0.478 e. The summed E-state index contributed by atoms with van der Waals surface area (Å²) in [6.45, 7) is 2.46. The van der Waals surface area contributed by atoms with Crippen LogP contribution in [-0.4, -0.2) is 41.9 Å². The molecule has 0 aliphatic rings. The fourth-order valence-electron chi connectivity index (χ4n) is 3.62. The molecule has 1 aromatic heterocycles. The van der Waals surface area contributed by atoms with Crippen molar-refractivity contribution in [1.82, 2.24) is 9.29 Å². The molecule has 3 N–H and O–H groups in total. The fraction of sp³-hybridized carbons (Fsp3) is 0.273. The maximum atomic E-state index is 13.8. The average Bonchev–Trinajstić information content (AvgIpc) is 2.76. The van der Waals surface area contributed by atoms with Crippen LogP contribution in [0.5, 0.6) is 0 Å². The van der Waals surface area contributed by atoms with Crippen molar-refractivity contribution in [2.24, 2.45) is 5.73 Å². The van der Waals surface area contributed by atoms with Gasteiger partial charge >= 0.3 is 5.97 Å². The van der Waals surface area contributed by atoms with Crippen LogP contribution < -0.4 is 5.73 Å². The molecule has 0 spiro atoms. The monoisotopic (exact) mass is 463 g/mol. The van der Waals surface area contributed by atoms with Crippen molar-refractivity contribution >= 4 is 39.2 Å². The van der Waals surface area contributed by atoms with E-state index in [4.69, 9.17) is 5.73 Å². The highest BCUT2D eigenvalue weighted by Crippen LogP contribution is 2.33. The molecule has 0 bridgehead atoms. The SMILES string of the molecule is CCC(c1cccc(C(=O)O)c1)N(CCCN)S(=O)(=O)c1cccc2cnccc12.Cl. The Bertz CT molecular complexity index is 1150. The molecule has 9 heteroatoms. The predicted molar refractivity (Wildman–Crippen MR) is 123 cm³/mol. The summed E-state index contributed by atoms with van der Waals surface area (Å²) in [5.74, 6) is -1.05. The first-order valence-electron chi connectivity index (χ1n) is 9.78. The van der Waals surface area contributed by atoms with E-state index >= 15 is 0 Å². The van der Waals surface area contributed by atoms with Gasteiger partial charge in [0, 0.05) is 35.8 Å². The molecule has 0 saturated carbocycles. The molecule has 0 aliphatic carbocycles. The topological polar surface area (TPSA) is 114 Å². The Hall–Kier alpha value is -2.52. The zero-order valence-electron chi connectivity index (χ0n) is 17.1. The summed E-state index contributed by atoms with van der Waals surface area (Å²) in [4.78, 5) is 15.7. The number of halogens is 1. The third-order valence-corrected chi connectivity index (χ3v) is 7.03. The highest BCUT2D eigenvalue weighted by molar-refractivity contribution is 7.89. The van der Waals surface area contributed by atoms with Crippen molar-refractivity contribution in [2.75, 3.05) is 13.1 Å². The first-order chi connectivity index (χ1) is 14.4. The number of carboxylic acid groups (broad SMARTS) is 1. The van der Waals surface area contributed by atoms with Crippen molar-refractivity contribution in [2.45, 2.75) is 30.7 Å². The van der Waals surface area contributed by atoms with E-state index in [-0.39, 0.29) is 29.4 Å². The second kappa shape index (κ2) is 10.7. The molecule has 0 aliphatic heterocycles. The van der Waals surface area contributed by atoms with Crippen molar-refractivity contribution < 1.29 is 18.3 Å². The Labute approximate surface area is 188 Å². The standard InChI is InChI=1S/C22H25N3O4S.ClH/c1-2-20(16-6-3-7-17(14-16)22(26)27)25(13-5-11-23)30(28,29)21-9-4-8-18-15-24-12-10-19(18)21;/h3-4,6-10,12,14-15,20H,2,5,11,13,23H2,1H3,(H,26,27);1H. The predicted octanol–water partition coefficient (Wildman–Crippen LogP) is 3.85. The summed E-state index contributed by atoms with van der Waals surface area (Å²) in [7, 11) is -3.89. The lowest BCUT2D eigenvalue weighted by Gasteiger charge is -2.31. The van der Waals surface area contributed by atoms with Crippen molar-refractivity contribution in [3.63, 3.8) is 0 Å². The van der Waals surface area contributed by atoms with Crippen LogP contribution in [0.2, 0.25) is 0 Å². The van der Waals surface area contributed by atoms with E-state index in [2.05, 4.69) is 4.98 Å². The van der Waals surface area contributed by atoms with Crippen LogP contribution in [-0.2, 0) is 10.0 Å². The van der Waals surface area contributed by atoms with Gasteiger partial charge in [-0.2, -0.15) is 4.31 Å². The Kier molecular flexibility index (Phi) is 8.52. The second-order valence-corrected chi connectivity index (χ2v) is 8.82. The molecule has 3 aromatic rings. The van der Waals surface area contributed by atoms with Crippen molar-refractivity contribution in [3.8, 4) is 0 Å². The number of sulfonamides is 1. The number of nitrogens with two attached hydrogens (primary N) is 1. The maximum Gasteiger partial charge on any atom is 0.335 e. The number of aromatic nitrogens is 1. The molecule has 3 rings (SSSR count). The molecule has 1 heterocycles. The number of aromatic carboxylic acids is 1. The lowest BCUT2D eigenvalue weighted by molar-refractivity contribution is 0.0696. The first-order valence-corrected chi connectivity index (χ1v) is 11.2. The molecule has 0 radical (unpaired) electrons. The van der Waals surface area contributed by atoms with Gasteiger partial charge in [-0.05, 0) is 49.2 Å². The molecule has 0 saturated heterocycles. The van der Waals surface area contributed by atoms with Gasteiger partial charge < -0.3 is 10.8 Å². The van der Waals surface area contributed by atoms with Crippen LogP contribution in [0.15, 0.2) is 65.8 Å². The molecule has 1 unspecified atom stereocenters. The zero-order chi connectivity index (χ0) is 21.7. The Morgan fingerprint density at radius 2 is 1.94 bits per heavy atom. The molecule has 166 valence electrons. The molecule has 31 heavy (non-hydrogen) atoms. The number of rotatable bonds is 9. The average molecular weight is 464 g/mol. The van der Waals surface area contributed by atoms with E-state index in [1.54, 1.807) is 42.7 Å². The molecule has 2 aromatic carbocycles. The molecular formula is C22H26ClN3O4S. The van der Waals surface area contributed by atoms with Gasteiger partial charge in [0.1, 0.15) is 0 Å². The van der Waals surface area contributed by atoms with Gasteiger partial charge in [0.15, 0.2) is 0 Å².